The minimum absolute atomic E-state index is 0.466. The molecule has 1 nitrogen and oxygen atoms in total. The van der Waals surface area contributed by atoms with Crippen LogP contribution in [-0.4, -0.2) is 4.98 Å². The summed E-state index contributed by atoms with van der Waals surface area (Å²) in [6.07, 6.45) is 6.17. The van der Waals surface area contributed by atoms with Gasteiger partial charge in [0.25, 0.3) is 0 Å². The van der Waals surface area contributed by atoms with Crippen molar-refractivity contribution < 1.29 is 0 Å². The first-order valence-electron chi connectivity index (χ1n) is 6.85. The van der Waals surface area contributed by atoms with Crippen LogP contribution in [0.2, 0.25) is 0 Å². The third kappa shape index (κ3) is 3.66. The lowest BCUT2D eigenvalue weighted by atomic mass is 9.91. The SMILES string of the molecule is C=C(C)c1cc(/C(C)=C/C=C\C)nc(C)c1C(C)C. The first kappa shape index (κ1) is 15.4. The first-order chi connectivity index (χ1) is 8.88. The van der Waals surface area contributed by atoms with E-state index in [9.17, 15) is 0 Å². The molecule has 0 aliphatic carbocycles. The van der Waals surface area contributed by atoms with E-state index in [-0.39, 0.29) is 0 Å². The molecule has 1 heteroatoms. The predicted octanol–water partition coefficient (Wildman–Crippen LogP) is 5.53. The van der Waals surface area contributed by atoms with Crippen molar-refractivity contribution in [2.24, 2.45) is 0 Å². The fraction of sp³-hybridized carbons (Fsp3) is 0.389. The summed E-state index contributed by atoms with van der Waals surface area (Å²) >= 11 is 0. The van der Waals surface area contributed by atoms with E-state index in [1.54, 1.807) is 0 Å². The van der Waals surface area contributed by atoms with Crippen molar-refractivity contribution in [2.75, 3.05) is 0 Å². The highest BCUT2D eigenvalue weighted by Gasteiger charge is 2.13. The Bertz CT molecular complexity index is 531. The van der Waals surface area contributed by atoms with E-state index in [1.807, 2.05) is 19.1 Å². The van der Waals surface area contributed by atoms with E-state index in [4.69, 9.17) is 4.98 Å². The van der Waals surface area contributed by atoms with Gasteiger partial charge in [0.15, 0.2) is 0 Å². The largest absolute Gasteiger partial charge is 0.253 e. The average Bonchev–Trinajstić information content (AvgIpc) is 2.34. The third-order valence-electron chi connectivity index (χ3n) is 3.23. The zero-order chi connectivity index (χ0) is 14.6. The molecule has 0 bridgehead atoms. The van der Waals surface area contributed by atoms with Gasteiger partial charge in [-0.25, -0.2) is 0 Å². The van der Waals surface area contributed by atoms with Gasteiger partial charge >= 0.3 is 0 Å². The molecular weight excluding hydrogens is 230 g/mol. The second-order valence-electron chi connectivity index (χ2n) is 5.36. The zero-order valence-electron chi connectivity index (χ0n) is 13.0. The maximum absolute atomic E-state index is 4.75. The average molecular weight is 255 g/mol. The van der Waals surface area contributed by atoms with Crippen LogP contribution in [0.5, 0.6) is 0 Å². The highest BCUT2D eigenvalue weighted by molar-refractivity contribution is 5.71. The summed E-state index contributed by atoms with van der Waals surface area (Å²) in [6.45, 7) is 16.8. The molecule has 1 aromatic heterocycles. The minimum Gasteiger partial charge on any atom is -0.253 e. The number of aromatic nitrogens is 1. The summed E-state index contributed by atoms with van der Waals surface area (Å²) in [6, 6.07) is 2.17. The summed E-state index contributed by atoms with van der Waals surface area (Å²) in [4.78, 5) is 4.75. The van der Waals surface area contributed by atoms with E-state index < -0.39 is 0 Å². The van der Waals surface area contributed by atoms with E-state index >= 15 is 0 Å². The molecule has 1 heterocycles. The monoisotopic (exact) mass is 255 g/mol. The quantitative estimate of drug-likeness (QED) is 0.645. The maximum Gasteiger partial charge on any atom is 0.0668 e. The number of hydrogen-bond acceptors (Lipinski definition) is 1. The molecule has 19 heavy (non-hydrogen) atoms. The van der Waals surface area contributed by atoms with Crippen LogP contribution in [-0.2, 0) is 0 Å². The van der Waals surface area contributed by atoms with Crippen molar-refractivity contribution in [3.63, 3.8) is 0 Å². The van der Waals surface area contributed by atoms with Gasteiger partial charge in [-0.15, -0.1) is 0 Å². The van der Waals surface area contributed by atoms with Gasteiger partial charge in [0.1, 0.15) is 0 Å². The molecule has 0 aliphatic heterocycles. The summed E-state index contributed by atoms with van der Waals surface area (Å²) in [5, 5.41) is 0. The molecule has 0 amide bonds. The topological polar surface area (TPSA) is 12.9 Å². The highest BCUT2D eigenvalue weighted by atomic mass is 14.7. The Morgan fingerprint density at radius 1 is 1.32 bits per heavy atom. The van der Waals surface area contributed by atoms with Crippen LogP contribution in [0.15, 0.2) is 30.9 Å². The second kappa shape index (κ2) is 6.51. The molecule has 0 saturated carbocycles. The molecule has 0 spiro atoms. The Hall–Kier alpha value is -1.63. The van der Waals surface area contributed by atoms with Gasteiger partial charge in [-0.3, -0.25) is 4.98 Å². The van der Waals surface area contributed by atoms with E-state index in [0.717, 1.165) is 17.0 Å². The maximum atomic E-state index is 4.75. The molecule has 0 aliphatic rings. The van der Waals surface area contributed by atoms with Crippen LogP contribution in [0.4, 0.5) is 0 Å². The van der Waals surface area contributed by atoms with Crippen molar-refractivity contribution in [3.05, 3.63) is 53.4 Å². The molecule has 0 atom stereocenters. The molecule has 1 aromatic rings. The van der Waals surface area contributed by atoms with Crippen molar-refractivity contribution in [3.8, 4) is 0 Å². The van der Waals surface area contributed by atoms with Crippen molar-refractivity contribution in [1.29, 1.82) is 0 Å². The number of hydrogen-bond donors (Lipinski definition) is 0. The predicted molar refractivity (Wildman–Crippen MR) is 86.2 cm³/mol. The van der Waals surface area contributed by atoms with Gasteiger partial charge in [0.05, 0.1) is 5.69 Å². The lowest BCUT2D eigenvalue weighted by molar-refractivity contribution is 0.836. The van der Waals surface area contributed by atoms with Crippen LogP contribution in [0, 0.1) is 6.92 Å². The molecule has 0 N–H and O–H groups in total. The number of aryl methyl sites for hydroxylation is 1. The molecule has 0 fully saturated rings. The second-order valence-corrected chi connectivity index (χ2v) is 5.36. The van der Waals surface area contributed by atoms with Gasteiger partial charge in [0.2, 0.25) is 0 Å². The Labute approximate surface area is 117 Å². The van der Waals surface area contributed by atoms with E-state index in [2.05, 4.69) is 53.3 Å². The van der Waals surface area contributed by atoms with Crippen LogP contribution in [0.1, 0.15) is 63.1 Å². The lowest BCUT2D eigenvalue weighted by Gasteiger charge is -2.17. The standard InChI is InChI=1S/C18H25N/c1-8-9-10-14(6)17-11-16(12(2)3)18(13(4)5)15(7)19-17/h8-11,13H,2H2,1,3-7H3/b9-8-,14-10+. The van der Waals surface area contributed by atoms with Gasteiger partial charge in [0, 0.05) is 5.69 Å². The van der Waals surface area contributed by atoms with Gasteiger partial charge in [-0.05, 0) is 56.4 Å². The van der Waals surface area contributed by atoms with Crippen LogP contribution in [0.25, 0.3) is 11.1 Å². The molecule has 0 saturated heterocycles. The summed E-state index contributed by atoms with van der Waals surface area (Å²) in [5.74, 6) is 0.466. The van der Waals surface area contributed by atoms with Gasteiger partial charge < -0.3 is 0 Å². The van der Waals surface area contributed by atoms with Crippen molar-refractivity contribution in [2.45, 2.75) is 47.5 Å². The first-order valence-corrected chi connectivity index (χ1v) is 6.85. The molecular formula is C18H25N. The number of allylic oxidation sites excluding steroid dienone is 5. The molecule has 0 unspecified atom stereocenters. The van der Waals surface area contributed by atoms with Crippen LogP contribution in [0.3, 0.4) is 0 Å². The fourth-order valence-electron chi connectivity index (χ4n) is 2.29. The molecule has 1 rings (SSSR count). The normalized spacial score (nSPS) is 12.5. The number of nitrogens with zero attached hydrogens (tertiary/aromatic N) is 1. The molecule has 102 valence electrons. The number of pyridine rings is 1. The van der Waals surface area contributed by atoms with Crippen molar-refractivity contribution >= 4 is 11.1 Å². The Morgan fingerprint density at radius 2 is 1.95 bits per heavy atom. The smallest absolute Gasteiger partial charge is 0.0668 e. The van der Waals surface area contributed by atoms with Crippen LogP contribution >= 0.6 is 0 Å². The van der Waals surface area contributed by atoms with Crippen LogP contribution < -0.4 is 0 Å². The highest BCUT2D eigenvalue weighted by Crippen LogP contribution is 2.29. The minimum atomic E-state index is 0.466. The Balaban J connectivity index is 3.44. The third-order valence-corrected chi connectivity index (χ3v) is 3.23. The van der Waals surface area contributed by atoms with E-state index in [0.29, 0.717) is 5.92 Å². The fourth-order valence-corrected chi connectivity index (χ4v) is 2.29. The van der Waals surface area contributed by atoms with E-state index in [1.165, 1.54) is 16.7 Å². The lowest BCUT2D eigenvalue weighted by Crippen LogP contribution is -2.03. The molecule has 0 radical (unpaired) electrons. The number of rotatable bonds is 4. The van der Waals surface area contributed by atoms with Gasteiger partial charge in [-0.1, -0.05) is 44.2 Å². The summed E-state index contributed by atoms with van der Waals surface area (Å²) in [5.41, 5.74) is 6.99. The van der Waals surface area contributed by atoms with Gasteiger partial charge in [-0.2, -0.15) is 0 Å². The summed E-state index contributed by atoms with van der Waals surface area (Å²) in [7, 11) is 0. The Kier molecular flexibility index (Phi) is 5.29. The Morgan fingerprint density at radius 3 is 2.42 bits per heavy atom. The zero-order valence-corrected chi connectivity index (χ0v) is 13.0. The molecule has 0 aromatic carbocycles. The summed E-state index contributed by atoms with van der Waals surface area (Å²) < 4.78 is 0. The van der Waals surface area contributed by atoms with Crippen molar-refractivity contribution in [1.82, 2.24) is 4.98 Å².